The summed E-state index contributed by atoms with van der Waals surface area (Å²) in [6.45, 7) is 2.37. The van der Waals surface area contributed by atoms with Crippen molar-refractivity contribution in [3.05, 3.63) is 23.3 Å². The van der Waals surface area contributed by atoms with Crippen molar-refractivity contribution in [2.75, 3.05) is 0 Å². The van der Waals surface area contributed by atoms with Crippen molar-refractivity contribution in [1.29, 1.82) is 0 Å². The van der Waals surface area contributed by atoms with Gasteiger partial charge in [-0.1, -0.05) is 19.1 Å². The Hall–Kier alpha value is -0.520. The Labute approximate surface area is 69.0 Å². The van der Waals surface area contributed by atoms with Crippen LogP contribution in [-0.4, -0.2) is 0 Å². The molecule has 0 N–H and O–H groups in total. The van der Waals surface area contributed by atoms with Crippen LogP contribution in [0.4, 0.5) is 0 Å². The van der Waals surface area contributed by atoms with E-state index in [0.717, 1.165) is 5.92 Å². The summed E-state index contributed by atoms with van der Waals surface area (Å²) >= 11 is 0. The fourth-order valence-electron chi connectivity index (χ4n) is 2.26. The van der Waals surface area contributed by atoms with Crippen LogP contribution in [0.3, 0.4) is 0 Å². The molecule has 0 amide bonds. The highest BCUT2D eigenvalue weighted by molar-refractivity contribution is 5.36. The van der Waals surface area contributed by atoms with Crippen molar-refractivity contribution in [2.45, 2.75) is 39.0 Å². The van der Waals surface area contributed by atoms with Crippen LogP contribution >= 0.6 is 0 Å². The van der Waals surface area contributed by atoms with E-state index in [1.165, 1.54) is 32.1 Å². The molecule has 1 saturated carbocycles. The van der Waals surface area contributed by atoms with E-state index in [4.69, 9.17) is 0 Å². The Morgan fingerprint density at radius 1 is 1.27 bits per heavy atom. The number of fused-ring (bicyclic) bond motifs is 1. The summed E-state index contributed by atoms with van der Waals surface area (Å²) < 4.78 is 0. The lowest BCUT2D eigenvalue weighted by Crippen LogP contribution is -2.10. The highest BCUT2D eigenvalue weighted by atomic mass is 14.2. The molecule has 0 radical (unpaired) electrons. The first-order valence-electron chi connectivity index (χ1n) is 4.77. The van der Waals surface area contributed by atoms with Gasteiger partial charge in [0.15, 0.2) is 0 Å². The first kappa shape index (κ1) is 7.15. The van der Waals surface area contributed by atoms with Crippen molar-refractivity contribution in [1.82, 2.24) is 0 Å². The van der Waals surface area contributed by atoms with Gasteiger partial charge in [0.1, 0.15) is 0 Å². The maximum absolute atomic E-state index is 2.46. The van der Waals surface area contributed by atoms with Gasteiger partial charge >= 0.3 is 0 Å². The summed E-state index contributed by atoms with van der Waals surface area (Å²) in [4.78, 5) is 0. The highest BCUT2D eigenvalue weighted by Gasteiger charge is 2.19. The minimum Gasteiger partial charge on any atom is -0.0807 e. The second-order valence-corrected chi connectivity index (χ2v) is 3.76. The van der Waals surface area contributed by atoms with Crippen LogP contribution in [0.5, 0.6) is 0 Å². The smallest absolute Gasteiger partial charge is 0.0191 e. The molecule has 2 rings (SSSR count). The van der Waals surface area contributed by atoms with Gasteiger partial charge < -0.3 is 0 Å². The Bertz CT molecular complexity index is 208. The molecule has 1 fully saturated rings. The quantitative estimate of drug-likeness (QED) is 0.493. The molecule has 0 aromatic carbocycles. The Morgan fingerprint density at radius 2 is 2.09 bits per heavy atom. The molecule has 0 heterocycles. The standard InChI is InChI=1S/C11H16/c1-9-5-4-7-10-6-2-3-8-11(9)10/h6,8-9H,2-5,7H2,1H3. The summed E-state index contributed by atoms with van der Waals surface area (Å²) in [6, 6.07) is 0. The van der Waals surface area contributed by atoms with Crippen molar-refractivity contribution in [2.24, 2.45) is 5.92 Å². The van der Waals surface area contributed by atoms with Gasteiger partial charge in [-0.05, 0) is 49.2 Å². The molecule has 2 aliphatic rings. The number of allylic oxidation sites excluding steroid dienone is 4. The molecule has 1 unspecified atom stereocenters. The van der Waals surface area contributed by atoms with Crippen LogP contribution in [0.25, 0.3) is 0 Å². The average molecular weight is 148 g/mol. The first-order chi connectivity index (χ1) is 5.38. The van der Waals surface area contributed by atoms with Crippen molar-refractivity contribution >= 4 is 0 Å². The lowest BCUT2D eigenvalue weighted by molar-refractivity contribution is 0.532. The SMILES string of the molecule is CC1CCCC2=CCCC=C21. The molecule has 0 heteroatoms. The molecule has 0 aromatic heterocycles. The molecule has 60 valence electrons. The molecule has 0 spiro atoms. The Morgan fingerprint density at radius 3 is 2.91 bits per heavy atom. The molecule has 0 bridgehead atoms. The number of rotatable bonds is 0. The van der Waals surface area contributed by atoms with E-state index in [1.54, 1.807) is 11.1 Å². The second kappa shape index (κ2) is 2.84. The van der Waals surface area contributed by atoms with Crippen LogP contribution in [-0.2, 0) is 0 Å². The molecule has 0 aliphatic heterocycles. The van der Waals surface area contributed by atoms with E-state index >= 15 is 0 Å². The fraction of sp³-hybridized carbons (Fsp3) is 0.636. The zero-order valence-electron chi connectivity index (χ0n) is 7.27. The van der Waals surface area contributed by atoms with E-state index in [9.17, 15) is 0 Å². The van der Waals surface area contributed by atoms with Crippen LogP contribution in [0.2, 0.25) is 0 Å². The van der Waals surface area contributed by atoms with Crippen LogP contribution in [0.15, 0.2) is 23.3 Å². The lowest BCUT2D eigenvalue weighted by atomic mass is 9.79. The largest absolute Gasteiger partial charge is 0.0807 e. The Kier molecular flexibility index (Phi) is 1.85. The second-order valence-electron chi connectivity index (χ2n) is 3.76. The van der Waals surface area contributed by atoms with E-state index in [-0.39, 0.29) is 0 Å². The third-order valence-electron chi connectivity index (χ3n) is 2.91. The molecule has 1 atom stereocenters. The predicted octanol–water partition coefficient (Wildman–Crippen LogP) is 3.45. The van der Waals surface area contributed by atoms with Crippen LogP contribution in [0.1, 0.15) is 39.0 Å². The molecular weight excluding hydrogens is 132 g/mol. The van der Waals surface area contributed by atoms with Gasteiger partial charge in [-0.3, -0.25) is 0 Å². The monoisotopic (exact) mass is 148 g/mol. The molecule has 0 aromatic rings. The van der Waals surface area contributed by atoms with Gasteiger partial charge in [-0.15, -0.1) is 0 Å². The van der Waals surface area contributed by atoms with Gasteiger partial charge in [0, 0.05) is 0 Å². The highest BCUT2D eigenvalue weighted by Crippen LogP contribution is 2.36. The van der Waals surface area contributed by atoms with Gasteiger partial charge in [0.25, 0.3) is 0 Å². The number of hydrogen-bond acceptors (Lipinski definition) is 0. The summed E-state index contributed by atoms with van der Waals surface area (Å²) in [5, 5.41) is 0. The molecule has 11 heavy (non-hydrogen) atoms. The lowest BCUT2D eigenvalue weighted by Gasteiger charge is -2.27. The zero-order chi connectivity index (χ0) is 7.68. The molecule has 2 aliphatic carbocycles. The van der Waals surface area contributed by atoms with Crippen LogP contribution < -0.4 is 0 Å². The van der Waals surface area contributed by atoms with Gasteiger partial charge in [0.2, 0.25) is 0 Å². The Balaban J connectivity index is 2.24. The minimum absolute atomic E-state index is 0.843. The van der Waals surface area contributed by atoms with Crippen molar-refractivity contribution in [3.8, 4) is 0 Å². The molecule has 0 nitrogen and oxygen atoms in total. The molecular formula is C11H16. The average Bonchev–Trinajstić information content (AvgIpc) is 2.06. The summed E-state index contributed by atoms with van der Waals surface area (Å²) in [5.41, 5.74) is 3.33. The molecule has 0 saturated heterocycles. The maximum Gasteiger partial charge on any atom is -0.0191 e. The summed E-state index contributed by atoms with van der Waals surface area (Å²) in [5.74, 6) is 0.843. The minimum atomic E-state index is 0.843. The third kappa shape index (κ3) is 1.26. The van der Waals surface area contributed by atoms with Crippen LogP contribution in [0, 0.1) is 5.92 Å². The van der Waals surface area contributed by atoms with E-state index in [0.29, 0.717) is 0 Å². The normalized spacial score (nSPS) is 30.5. The maximum atomic E-state index is 2.46. The zero-order valence-corrected chi connectivity index (χ0v) is 7.27. The van der Waals surface area contributed by atoms with Gasteiger partial charge in [-0.25, -0.2) is 0 Å². The van der Waals surface area contributed by atoms with Crippen molar-refractivity contribution < 1.29 is 0 Å². The third-order valence-corrected chi connectivity index (χ3v) is 2.91. The van der Waals surface area contributed by atoms with Gasteiger partial charge in [-0.2, -0.15) is 0 Å². The first-order valence-corrected chi connectivity index (χ1v) is 4.77. The van der Waals surface area contributed by atoms with E-state index < -0.39 is 0 Å². The van der Waals surface area contributed by atoms with Gasteiger partial charge in [0.05, 0.1) is 0 Å². The van der Waals surface area contributed by atoms with E-state index in [1.807, 2.05) is 0 Å². The fourth-order valence-corrected chi connectivity index (χ4v) is 2.26. The summed E-state index contributed by atoms with van der Waals surface area (Å²) in [6.07, 6.45) is 11.6. The van der Waals surface area contributed by atoms with E-state index in [2.05, 4.69) is 19.1 Å². The topological polar surface area (TPSA) is 0 Å². The summed E-state index contributed by atoms with van der Waals surface area (Å²) in [7, 11) is 0. The van der Waals surface area contributed by atoms with Crippen molar-refractivity contribution in [3.63, 3.8) is 0 Å². The predicted molar refractivity (Wildman–Crippen MR) is 48.4 cm³/mol. The number of hydrogen-bond donors (Lipinski definition) is 0.